The van der Waals surface area contributed by atoms with E-state index < -0.39 is 11.0 Å². The van der Waals surface area contributed by atoms with Crippen molar-refractivity contribution in [3.8, 4) is 0 Å². The number of fused-ring (bicyclic) bond motifs is 5. The first-order valence-electron chi connectivity index (χ1n) is 12.2. The van der Waals surface area contributed by atoms with Crippen LogP contribution in [0, 0.1) is 5.41 Å². The molecule has 2 aliphatic carbocycles. The number of hydrogen-bond donors (Lipinski definition) is 1. The van der Waals surface area contributed by atoms with Gasteiger partial charge in [-0.15, -0.1) is 0 Å². The van der Waals surface area contributed by atoms with Gasteiger partial charge in [-0.2, -0.15) is 0 Å². The average molecular weight is 495 g/mol. The number of aryl methyl sites for hydroxylation is 1. The number of ketones is 3. The lowest BCUT2D eigenvalue weighted by Gasteiger charge is -2.46. The van der Waals surface area contributed by atoms with Crippen LogP contribution in [0.3, 0.4) is 0 Å². The second-order valence-corrected chi connectivity index (χ2v) is 10.7. The molecule has 1 fully saturated rings. The third-order valence-corrected chi connectivity index (χ3v) is 9.08. The molecule has 2 atom stereocenters. The number of para-hydroxylation sites is 1. The van der Waals surface area contributed by atoms with Crippen LogP contribution in [0.1, 0.15) is 54.7 Å². The fraction of sp³-hybridized carbons (Fsp3) is 0.233. The minimum atomic E-state index is -1.59. The van der Waals surface area contributed by atoms with E-state index in [1.165, 1.54) is 0 Å². The number of hydrogen-bond acceptors (Lipinski definition) is 4. The van der Waals surface area contributed by atoms with Gasteiger partial charge in [0.25, 0.3) is 0 Å². The van der Waals surface area contributed by atoms with Gasteiger partial charge in [-0.25, -0.2) is 0 Å². The van der Waals surface area contributed by atoms with Crippen molar-refractivity contribution in [1.82, 2.24) is 9.88 Å². The third-order valence-electron chi connectivity index (χ3n) is 8.83. The molecule has 36 heavy (non-hydrogen) atoms. The van der Waals surface area contributed by atoms with Crippen molar-refractivity contribution < 1.29 is 14.4 Å². The summed E-state index contributed by atoms with van der Waals surface area (Å²) in [4.78, 5) is 48.7. The summed E-state index contributed by atoms with van der Waals surface area (Å²) in [6.45, 7) is 0.411. The number of carbonyl (C=O) groups excluding carboxylic acids is 3. The molecule has 7 rings (SSSR count). The number of nitrogens with one attached hydrogen (secondary N) is 1. The van der Waals surface area contributed by atoms with Gasteiger partial charge in [0.15, 0.2) is 22.9 Å². The van der Waals surface area contributed by atoms with Gasteiger partial charge >= 0.3 is 0 Å². The molecule has 1 N–H and O–H groups in total. The van der Waals surface area contributed by atoms with Crippen molar-refractivity contribution in [2.45, 2.75) is 24.3 Å². The number of Topliss-reactive ketones (excluding diaryl/α,β-unsaturated/α-hetero) is 3. The molecule has 1 aliphatic heterocycles. The number of aromatic nitrogens is 1. The molecule has 0 bridgehead atoms. The van der Waals surface area contributed by atoms with Crippen LogP contribution in [0.15, 0.2) is 72.8 Å². The number of benzene rings is 3. The van der Waals surface area contributed by atoms with Crippen LogP contribution < -0.4 is 0 Å². The first-order chi connectivity index (χ1) is 17.4. The zero-order chi connectivity index (χ0) is 24.8. The smallest absolute Gasteiger partial charge is 0.192 e. The average Bonchev–Trinajstić information content (AvgIpc) is 3.48. The summed E-state index contributed by atoms with van der Waals surface area (Å²) >= 11 is 6.20. The lowest BCUT2D eigenvalue weighted by atomic mass is 9.54. The maximum absolute atomic E-state index is 14.8. The lowest BCUT2D eigenvalue weighted by Crippen LogP contribution is -2.65. The summed E-state index contributed by atoms with van der Waals surface area (Å²) in [7, 11) is 1.81. The number of carbonyl (C=O) groups is 3. The SMILES string of the molecule is CN1C[C@@H](c2ccc(Cl)cc2)[C@@]2(CCc3c([nH]c4ccccc34)C2=O)C12C(=O)c1ccccc1C2=O. The Morgan fingerprint density at radius 2 is 1.50 bits per heavy atom. The molecule has 4 aromatic rings. The molecule has 0 amide bonds. The molecular weight excluding hydrogens is 472 g/mol. The molecule has 1 saturated heterocycles. The fourth-order valence-electron chi connectivity index (χ4n) is 7.36. The number of halogens is 1. The molecule has 178 valence electrons. The Balaban J connectivity index is 1.53. The minimum absolute atomic E-state index is 0.154. The molecule has 2 spiro atoms. The maximum atomic E-state index is 14.8. The zero-order valence-electron chi connectivity index (χ0n) is 19.7. The molecule has 3 aromatic carbocycles. The first-order valence-corrected chi connectivity index (χ1v) is 12.6. The summed E-state index contributed by atoms with van der Waals surface area (Å²) in [6.07, 6.45) is 1.01. The van der Waals surface area contributed by atoms with E-state index >= 15 is 0 Å². The second-order valence-electron chi connectivity index (χ2n) is 10.2. The van der Waals surface area contributed by atoms with E-state index in [2.05, 4.69) is 4.98 Å². The summed E-state index contributed by atoms with van der Waals surface area (Å²) in [5.41, 5.74) is 1.26. The maximum Gasteiger partial charge on any atom is 0.192 e. The van der Waals surface area contributed by atoms with Gasteiger partial charge in [0.1, 0.15) is 0 Å². The Labute approximate surface area is 213 Å². The molecule has 3 aliphatic rings. The summed E-state index contributed by atoms with van der Waals surface area (Å²) < 4.78 is 0. The standard InChI is InChI=1S/C30H23ClN2O3/c1-33-16-23(17-10-12-18(31)13-11-17)29(30(33)26(34)21-7-2-3-8-22(21)27(30)35)15-14-20-19-6-4-5-9-24(19)32-25(20)28(29)36/h2-13,23,32H,14-16H2,1H3/t23-,29+/m0/s1. The van der Waals surface area contributed by atoms with Gasteiger partial charge in [0.05, 0.1) is 11.1 Å². The summed E-state index contributed by atoms with van der Waals surface area (Å²) in [6, 6.07) is 22.3. The highest BCUT2D eigenvalue weighted by Gasteiger charge is 2.76. The van der Waals surface area contributed by atoms with Gasteiger partial charge in [-0.3, -0.25) is 19.3 Å². The van der Waals surface area contributed by atoms with Gasteiger partial charge in [-0.05, 0) is 49.2 Å². The van der Waals surface area contributed by atoms with E-state index in [0.29, 0.717) is 41.2 Å². The molecule has 6 heteroatoms. The quantitative estimate of drug-likeness (QED) is 0.355. The van der Waals surface area contributed by atoms with Gasteiger partial charge < -0.3 is 4.98 Å². The van der Waals surface area contributed by atoms with E-state index in [0.717, 1.165) is 22.0 Å². The minimum Gasteiger partial charge on any atom is -0.352 e. The van der Waals surface area contributed by atoms with Crippen LogP contribution in [-0.4, -0.2) is 46.4 Å². The van der Waals surface area contributed by atoms with E-state index in [4.69, 9.17) is 11.6 Å². The number of nitrogens with zero attached hydrogens (tertiary/aromatic N) is 1. The number of aromatic amines is 1. The highest BCUT2D eigenvalue weighted by atomic mass is 35.5. The number of likely N-dealkylation sites (N-methyl/N-ethyl adjacent to an activating group) is 1. The fourth-order valence-corrected chi connectivity index (χ4v) is 7.48. The predicted octanol–water partition coefficient (Wildman–Crippen LogP) is 5.48. The highest BCUT2D eigenvalue weighted by molar-refractivity contribution is 6.36. The van der Waals surface area contributed by atoms with Crippen LogP contribution in [0.2, 0.25) is 5.02 Å². The van der Waals surface area contributed by atoms with Crippen molar-refractivity contribution in [3.63, 3.8) is 0 Å². The molecule has 0 radical (unpaired) electrons. The Hall–Kier alpha value is -3.54. The summed E-state index contributed by atoms with van der Waals surface area (Å²) in [5, 5.41) is 1.62. The number of H-pyrrole nitrogens is 1. The Morgan fingerprint density at radius 1 is 0.861 bits per heavy atom. The van der Waals surface area contributed by atoms with Gasteiger partial charge in [0.2, 0.25) is 0 Å². The number of likely N-dealkylation sites (tertiary alicyclic amines) is 1. The van der Waals surface area contributed by atoms with Crippen LogP contribution >= 0.6 is 11.6 Å². The van der Waals surface area contributed by atoms with Crippen LogP contribution in [0.4, 0.5) is 0 Å². The third kappa shape index (κ3) is 2.38. The van der Waals surface area contributed by atoms with Gasteiger partial charge in [0, 0.05) is 39.5 Å². The monoisotopic (exact) mass is 494 g/mol. The van der Waals surface area contributed by atoms with Crippen molar-refractivity contribution in [2.75, 3.05) is 13.6 Å². The lowest BCUT2D eigenvalue weighted by molar-refractivity contribution is 0.0278. The highest BCUT2D eigenvalue weighted by Crippen LogP contribution is 2.63. The van der Waals surface area contributed by atoms with Crippen molar-refractivity contribution >= 4 is 39.9 Å². The largest absolute Gasteiger partial charge is 0.352 e. The number of rotatable bonds is 1. The zero-order valence-corrected chi connectivity index (χ0v) is 20.4. The van der Waals surface area contributed by atoms with Crippen LogP contribution in [0.25, 0.3) is 10.9 Å². The molecule has 0 unspecified atom stereocenters. The summed E-state index contributed by atoms with van der Waals surface area (Å²) in [5.74, 6) is -1.04. The van der Waals surface area contributed by atoms with E-state index in [-0.39, 0.29) is 23.3 Å². The van der Waals surface area contributed by atoms with Crippen molar-refractivity contribution in [1.29, 1.82) is 0 Å². The Bertz CT molecular complexity index is 1580. The normalized spacial score (nSPS) is 24.7. The first kappa shape index (κ1) is 21.7. The van der Waals surface area contributed by atoms with Gasteiger partial charge in [-0.1, -0.05) is 66.2 Å². The van der Waals surface area contributed by atoms with E-state index in [1.807, 2.05) is 60.5 Å². The molecular formula is C30H23ClN2O3. The van der Waals surface area contributed by atoms with Crippen molar-refractivity contribution in [3.05, 3.63) is 106 Å². The van der Waals surface area contributed by atoms with Crippen LogP contribution in [-0.2, 0) is 6.42 Å². The van der Waals surface area contributed by atoms with Crippen LogP contribution in [0.5, 0.6) is 0 Å². The predicted molar refractivity (Wildman–Crippen MR) is 138 cm³/mol. The Kier molecular flexibility index (Phi) is 4.37. The Morgan fingerprint density at radius 3 is 2.19 bits per heavy atom. The molecule has 0 saturated carbocycles. The van der Waals surface area contributed by atoms with Crippen molar-refractivity contribution in [2.24, 2.45) is 5.41 Å². The van der Waals surface area contributed by atoms with E-state index in [9.17, 15) is 14.4 Å². The molecule has 5 nitrogen and oxygen atoms in total. The molecule has 1 aromatic heterocycles. The van der Waals surface area contributed by atoms with E-state index in [1.54, 1.807) is 24.3 Å². The second kappa shape index (κ2) is 7.25. The molecule has 2 heterocycles. The topological polar surface area (TPSA) is 70.2 Å².